The molecule has 3 aromatic carbocycles. The average Bonchev–Trinajstić information content (AvgIpc) is 2.69. The third-order valence-electron chi connectivity index (χ3n) is 4.58. The van der Waals surface area contributed by atoms with E-state index in [0.717, 1.165) is 29.8 Å². The minimum atomic E-state index is -0.00828. The zero-order valence-electron chi connectivity index (χ0n) is 16.0. The minimum Gasteiger partial charge on any atom is -0.324 e. The maximum absolute atomic E-state index is 12.5. The Morgan fingerprint density at radius 3 is 2.19 bits per heavy atom. The predicted molar refractivity (Wildman–Crippen MR) is 113 cm³/mol. The van der Waals surface area contributed by atoms with Crippen LogP contribution in [0.1, 0.15) is 18.1 Å². The second-order valence-electron chi connectivity index (χ2n) is 6.80. The normalized spacial score (nSPS) is 10.8. The number of para-hydroxylation sites is 1. The summed E-state index contributed by atoms with van der Waals surface area (Å²) in [4.78, 5) is 14.6. The van der Waals surface area contributed by atoms with Gasteiger partial charge in [-0.3, -0.25) is 9.69 Å². The molecular weight excluding hydrogens is 332 g/mol. The molecule has 3 aromatic rings. The van der Waals surface area contributed by atoms with Crippen LogP contribution in [0.25, 0.3) is 11.1 Å². The molecule has 0 fully saturated rings. The molecule has 3 nitrogen and oxygen atoms in total. The van der Waals surface area contributed by atoms with Crippen molar-refractivity contribution in [2.75, 3.05) is 18.9 Å². The number of hydrogen-bond donors (Lipinski definition) is 1. The molecule has 0 aliphatic carbocycles. The van der Waals surface area contributed by atoms with Crippen LogP contribution >= 0.6 is 0 Å². The van der Waals surface area contributed by atoms with E-state index >= 15 is 0 Å². The van der Waals surface area contributed by atoms with Crippen LogP contribution in [0.4, 0.5) is 5.69 Å². The van der Waals surface area contributed by atoms with Gasteiger partial charge in [0, 0.05) is 17.8 Å². The Bertz CT molecular complexity index is 872. The molecule has 0 spiro atoms. The molecule has 138 valence electrons. The van der Waals surface area contributed by atoms with Crippen molar-refractivity contribution in [3.8, 4) is 11.1 Å². The van der Waals surface area contributed by atoms with Crippen LogP contribution in [0.2, 0.25) is 0 Å². The van der Waals surface area contributed by atoms with Crippen LogP contribution in [0.5, 0.6) is 0 Å². The smallest absolute Gasteiger partial charge is 0.238 e. The lowest BCUT2D eigenvalue weighted by Gasteiger charge is -2.18. The molecule has 0 aliphatic rings. The summed E-state index contributed by atoms with van der Waals surface area (Å²) in [6, 6.07) is 26.6. The van der Waals surface area contributed by atoms with Crippen LogP contribution in [-0.2, 0) is 17.8 Å². The van der Waals surface area contributed by atoms with Crippen molar-refractivity contribution < 1.29 is 4.79 Å². The number of rotatable bonds is 7. The van der Waals surface area contributed by atoms with Crippen LogP contribution in [0.3, 0.4) is 0 Å². The number of carbonyl (C=O) groups excluding carboxylic acids is 1. The SMILES string of the molecule is CCc1ccc(CN(C)CC(=O)Nc2ccccc2-c2ccccc2)cc1. The van der Waals surface area contributed by atoms with Gasteiger partial charge in [0.1, 0.15) is 0 Å². The fourth-order valence-electron chi connectivity index (χ4n) is 3.14. The second-order valence-corrected chi connectivity index (χ2v) is 6.80. The van der Waals surface area contributed by atoms with Crippen molar-refractivity contribution in [2.24, 2.45) is 0 Å². The topological polar surface area (TPSA) is 32.3 Å². The highest BCUT2D eigenvalue weighted by Crippen LogP contribution is 2.27. The first-order valence-corrected chi connectivity index (χ1v) is 9.36. The number of amides is 1. The highest BCUT2D eigenvalue weighted by molar-refractivity contribution is 5.96. The van der Waals surface area contributed by atoms with E-state index in [9.17, 15) is 4.79 Å². The number of hydrogen-bond acceptors (Lipinski definition) is 2. The molecule has 0 saturated heterocycles. The summed E-state index contributed by atoms with van der Waals surface area (Å²) in [5.41, 5.74) is 5.51. The third kappa shape index (κ3) is 5.28. The number of carbonyl (C=O) groups is 1. The van der Waals surface area contributed by atoms with Crippen LogP contribution in [0.15, 0.2) is 78.9 Å². The molecule has 0 radical (unpaired) electrons. The molecule has 0 unspecified atom stereocenters. The average molecular weight is 358 g/mol. The largest absolute Gasteiger partial charge is 0.324 e. The van der Waals surface area contributed by atoms with Gasteiger partial charge < -0.3 is 5.32 Å². The molecule has 1 amide bonds. The molecule has 1 N–H and O–H groups in total. The second kappa shape index (κ2) is 9.15. The fraction of sp³-hybridized carbons (Fsp3) is 0.208. The van der Waals surface area contributed by atoms with E-state index in [1.807, 2.05) is 54.4 Å². The van der Waals surface area contributed by atoms with Gasteiger partial charge in [0.05, 0.1) is 6.54 Å². The molecule has 0 saturated carbocycles. The van der Waals surface area contributed by atoms with Gasteiger partial charge in [0.15, 0.2) is 0 Å². The molecule has 27 heavy (non-hydrogen) atoms. The van der Waals surface area contributed by atoms with Crippen molar-refractivity contribution >= 4 is 11.6 Å². The molecule has 3 rings (SSSR count). The summed E-state index contributed by atoms with van der Waals surface area (Å²) >= 11 is 0. The van der Waals surface area contributed by atoms with Gasteiger partial charge in [0.25, 0.3) is 0 Å². The lowest BCUT2D eigenvalue weighted by Crippen LogP contribution is -2.30. The van der Waals surface area contributed by atoms with Crippen molar-refractivity contribution in [1.29, 1.82) is 0 Å². The lowest BCUT2D eigenvalue weighted by molar-refractivity contribution is -0.117. The first-order valence-electron chi connectivity index (χ1n) is 9.36. The van der Waals surface area contributed by atoms with Gasteiger partial charge in [-0.05, 0) is 36.2 Å². The van der Waals surface area contributed by atoms with Crippen molar-refractivity contribution in [1.82, 2.24) is 4.90 Å². The predicted octanol–water partition coefficient (Wildman–Crippen LogP) is 4.99. The quantitative estimate of drug-likeness (QED) is 0.645. The number of likely N-dealkylation sites (N-methyl/N-ethyl adjacent to an activating group) is 1. The Hall–Kier alpha value is -2.91. The lowest BCUT2D eigenvalue weighted by atomic mass is 10.0. The van der Waals surface area contributed by atoms with Gasteiger partial charge in [0.2, 0.25) is 5.91 Å². The van der Waals surface area contributed by atoms with Gasteiger partial charge >= 0.3 is 0 Å². The number of aryl methyl sites for hydroxylation is 1. The number of nitrogens with zero attached hydrogens (tertiary/aromatic N) is 1. The minimum absolute atomic E-state index is 0.00828. The van der Waals surface area contributed by atoms with Crippen LogP contribution in [-0.4, -0.2) is 24.4 Å². The summed E-state index contributed by atoms with van der Waals surface area (Å²) in [5, 5.41) is 3.06. The van der Waals surface area contributed by atoms with Crippen molar-refractivity contribution in [2.45, 2.75) is 19.9 Å². The third-order valence-corrected chi connectivity index (χ3v) is 4.58. The Morgan fingerprint density at radius 1 is 0.852 bits per heavy atom. The maximum atomic E-state index is 12.5. The Morgan fingerprint density at radius 2 is 1.48 bits per heavy atom. The van der Waals surface area contributed by atoms with Gasteiger partial charge in [-0.1, -0.05) is 79.7 Å². The van der Waals surface area contributed by atoms with Gasteiger partial charge in [-0.15, -0.1) is 0 Å². The zero-order chi connectivity index (χ0) is 19.1. The fourth-order valence-corrected chi connectivity index (χ4v) is 3.14. The van der Waals surface area contributed by atoms with E-state index < -0.39 is 0 Å². The van der Waals surface area contributed by atoms with Crippen LogP contribution < -0.4 is 5.32 Å². The van der Waals surface area contributed by atoms with Crippen molar-refractivity contribution in [3.05, 3.63) is 90.0 Å². The zero-order valence-corrected chi connectivity index (χ0v) is 16.0. The maximum Gasteiger partial charge on any atom is 0.238 e. The first kappa shape index (κ1) is 18.9. The van der Waals surface area contributed by atoms with E-state index in [4.69, 9.17) is 0 Å². The summed E-state index contributed by atoms with van der Waals surface area (Å²) in [7, 11) is 1.97. The summed E-state index contributed by atoms with van der Waals surface area (Å²) in [6.07, 6.45) is 1.04. The molecular formula is C24H26N2O. The standard InChI is InChI=1S/C24H26N2O/c1-3-19-13-15-20(16-14-19)17-26(2)18-24(27)25-23-12-8-7-11-22(23)21-9-5-4-6-10-21/h4-16H,3,17-18H2,1-2H3,(H,25,27). The van der Waals surface area contributed by atoms with Crippen LogP contribution in [0, 0.1) is 0 Å². The van der Waals surface area contributed by atoms with E-state index in [-0.39, 0.29) is 5.91 Å². The van der Waals surface area contributed by atoms with E-state index in [2.05, 4.69) is 48.6 Å². The van der Waals surface area contributed by atoms with E-state index in [1.54, 1.807) is 0 Å². The van der Waals surface area contributed by atoms with Gasteiger partial charge in [-0.2, -0.15) is 0 Å². The van der Waals surface area contributed by atoms with E-state index in [1.165, 1.54) is 11.1 Å². The number of anilines is 1. The molecule has 0 aromatic heterocycles. The summed E-state index contributed by atoms with van der Waals surface area (Å²) in [5.74, 6) is -0.00828. The van der Waals surface area contributed by atoms with Crippen molar-refractivity contribution in [3.63, 3.8) is 0 Å². The molecule has 0 atom stereocenters. The van der Waals surface area contributed by atoms with Gasteiger partial charge in [-0.25, -0.2) is 0 Å². The molecule has 0 heterocycles. The number of nitrogens with one attached hydrogen (secondary N) is 1. The summed E-state index contributed by atoms with van der Waals surface area (Å²) in [6.45, 7) is 3.25. The highest BCUT2D eigenvalue weighted by Gasteiger charge is 2.11. The molecule has 0 bridgehead atoms. The molecule has 3 heteroatoms. The number of benzene rings is 3. The Kier molecular flexibility index (Phi) is 6.39. The van der Waals surface area contributed by atoms with E-state index in [0.29, 0.717) is 6.54 Å². The molecule has 0 aliphatic heterocycles. The Labute approximate surface area is 161 Å². The summed E-state index contributed by atoms with van der Waals surface area (Å²) < 4.78 is 0. The Balaban J connectivity index is 1.62. The monoisotopic (exact) mass is 358 g/mol. The first-order chi connectivity index (χ1) is 13.2. The highest BCUT2D eigenvalue weighted by atomic mass is 16.2.